The number of para-hydroxylation sites is 1. The van der Waals surface area contributed by atoms with Gasteiger partial charge in [-0.2, -0.15) is 4.98 Å². The van der Waals surface area contributed by atoms with Crippen LogP contribution in [0, 0.1) is 0 Å². The summed E-state index contributed by atoms with van der Waals surface area (Å²) in [6.07, 6.45) is 3.61. The van der Waals surface area contributed by atoms with Crippen LogP contribution >= 0.6 is 11.6 Å². The number of anilines is 1. The van der Waals surface area contributed by atoms with Crippen molar-refractivity contribution in [3.63, 3.8) is 0 Å². The largest absolute Gasteiger partial charge is 0.337 e. The molecule has 1 aromatic heterocycles. The predicted molar refractivity (Wildman–Crippen MR) is 113 cm³/mol. The summed E-state index contributed by atoms with van der Waals surface area (Å²) in [7, 11) is 0. The van der Waals surface area contributed by atoms with E-state index in [1.54, 1.807) is 17.0 Å². The van der Waals surface area contributed by atoms with Crippen molar-refractivity contribution in [2.24, 2.45) is 0 Å². The monoisotopic (exact) mass is 410 g/mol. The van der Waals surface area contributed by atoms with Crippen LogP contribution in [0.4, 0.5) is 10.5 Å². The fraction of sp³-hybridized carbons (Fsp3) is 0.318. The zero-order chi connectivity index (χ0) is 20.2. The highest BCUT2D eigenvalue weighted by atomic mass is 35.5. The molecule has 1 N–H and O–H groups in total. The summed E-state index contributed by atoms with van der Waals surface area (Å²) in [6, 6.07) is 14.8. The van der Waals surface area contributed by atoms with Gasteiger partial charge in [0, 0.05) is 22.8 Å². The van der Waals surface area contributed by atoms with E-state index < -0.39 is 0 Å². The van der Waals surface area contributed by atoms with E-state index in [1.807, 2.05) is 36.4 Å². The van der Waals surface area contributed by atoms with Gasteiger partial charge in [-0.15, -0.1) is 0 Å². The molecular weight excluding hydrogens is 388 g/mol. The van der Waals surface area contributed by atoms with Gasteiger partial charge < -0.3 is 14.7 Å². The first-order valence-electron chi connectivity index (χ1n) is 9.90. The van der Waals surface area contributed by atoms with E-state index in [4.69, 9.17) is 16.1 Å². The number of amides is 2. The van der Waals surface area contributed by atoms with E-state index in [-0.39, 0.29) is 12.1 Å². The molecule has 1 saturated heterocycles. The van der Waals surface area contributed by atoms with Crippen molar-refractivity contribution < 1.29 is 9.32 Å². The van der Waals surface area contributed by atoms with E-state index >= 15 is 0 Å². The summed E-state index contributed by atoms with van der Waals surface area (Å²) in [5.41, 5.74) is 2.74. The number of likely N-dealkylation sites (tertiary alicyclic amines) is 1. The highest BCUT2D eigenvalue weighted by Crippen LogP contribution is 2.32. The standard InChI is InChI=1S/C22H23ClN4O2/c1-2-15-8-3-4-11-18(15)24-22(28)27-13-6-5-12-19(27)21-25-20(26-29-21)16-9-7-10-17(23)14-16/h3-4,7-11,14,19H,2,5-6,12-13H2,1H3,(H,24,28)/t19-/m1/s1. The number of benzene rings is 2. The van der Waals surface area contributed by atoms with E-state index in [2.05, 4.69) is 22.4 Å². The smallest absolute Gasteiger partial charge is 0.322 e. The summed E-state index contributed by atoms with van der Waals surface area (Å²) in [5.74, 6) is 0.934. The highest BCUT2D eigenvalue weighted by molar-refractivity contribution is 6.30. The van der Waals surface area contributed by atoms with Crippen LogP contribution in [0.5, 0.6) is 0 Å². The molecule has 0 saturated carbocycles. The number of nitrogens with one attached hydrogen (secondary N) is 1. The third-order valence-electron chi connectivity index (χ3n) is 5.21. The zero-order valence-corrected chi connectivity index (χ0v) is 17.0. The molecule has 1 atom stereocenters. The molecule has 150 valence electrons. The maximum atomic E-state index is 13.0. The van der Waals surface area contributed by atoms with Gasteiger partial charge in [0.05, 0.1) is 0 Å². The van der Waals surface area contributed by atoms with Crippen LogP contribution in [0.2, 0.25) is 5.02 Å². The van der Waals surface area contributed by atoms with Crippen LogP contribution in [0.3, 0.4) is 0 Å². The number of urea groups is 1. The lowest BCUT2D eigenvalue weighted by atomic mass is 10.0. The Morgan fingerprint density at radius 1 is 1.24 bits per heavy atom. The molecule has 7 heteroatoms. The number of piperidine rings is 1. The Bertz CT molecular complexity index is 1000. The minimum Gasteiger partial charge on any atom is -0.337 e. The molecule has 0 bridgehead atoms. The van der Waals surface area contributed by atoms with Gasteiger partial charge in [-0.3, -0.25) is 0 Å². The van der Waals surface area contributed by atoms with Gasteiger partial charge in [0.15, 0.2) is 0 Å². The maximum Gasteiger partial charge on any atom is 0.322 e. The van der Waals surface area contributed by atoms with Gasteiger partial charge in [-0.25, -0.2) is 4.79 Å². The Labute approximate surface area is 174 Å². The average Bonchev–Trinajstić information content (AvgIpc) is 3.24. The van der Waals surface area contributed by atoms with Crippen LogP contribution in [0.15, 0.2) is 53.1 Å². The Morgan fingerprint density at radius 2 is 2.10 bits per heavy atom. The summed E-state index contributed by atoms with van der Waals surface area (Å²) < 4.78 is 5.55. The first-order valence-corrected chi connectivity index (χ1v) is 10.3. The molecule has 4 rings (SSSR count). The minimum absolute atomic E-state index is 0.141. The topological polar surface area (TPSA) is 71.3 Å². The summed E-state index contributed by atoms with van der Waals surface area (Å²) >= 11 is 6.07. The van der Waals surface area contributed by atoms with Crippen molar-refractivity contribution in [3.05, 3.63) is 65.0 Å². The molecule has 0 unspecified atom stereocenters. The lowest BCUT2D eigenvalue weighted by Gasteiger charge is -2.33. The quantitative estimate of drug-likeness (QED) is 0.597. The molecule has 1 fully saturated rings. The molecule has 1 aliphatic heterocycles. The number of hydrogen-bond donors (Lipinski definition) is 1. The fourth-order valence-corrected chi connectivity index (χ4v) is 3.87. The molecule has 3 aromatic rings. The van der Waals surface area contributed by atoms with Crippen molar-refractivity contribution in [1.29, 1.82) is 0 Å². The number of nitrogens with zero attached hydrogens (tertiary/aromatic N) is 3. The number of aromatic nitrogens is 2. The second-order valence-corrected chi connectivity index (χ2v) is 7.55. The summed E-state index contributed by atoms with van der Waals surface area (Å²) in [5, 5.41) is 7.77. The number of carbonyl (C=O) groups excluding carboxylic acids is 1. The zero-order valence-electron chi connectivity index (χ0n) is 16.3. The first kappa shape index (κ1) is 19.5. The molecule has 2 aromatic carbocycles. The molecule has 2 amide bonds. The second kappa shape index (κ2) is 8.66. The number of hydrogen-bond acceptors (Lipinski definition) is 4. The van der Waals surface area contributed by atoms with Gasteiger partial charge >= 0.3 is 6.03 Å². The fourth-order valence-electron chi connectivity index (χ4n) is 3.68. The number of carbonyl (C=O) groups is 1. The van der Waals surface area contributed by atoms with Crippen molar-refractivity contribution in [2.75, 3.05) is 11.9 Å². The maximum absolute atomic E-state index is 13.0. The van der Waals surface area contributed by atoms with Gasteiger partial charge in [-0.05, 0) is 49.4 Å². The van der Waals surface area contributed by atoms with Crippen molar-refractivity contribution in [3.8, 4) is 11.4 Å². The Hall–Kier alpha value is -2.86. The minimum atomic E-state index is -0.238. The van der Waals surface area contributed by atoms with E-state index in [0.717, 1.165) is 42.5 Å². The van der Waals surface area contributed by atoms with Gasteiger partial charge in [0.25, 0.3) is 0 Å². The Balaban J connectivity index is 1.55. The molecule has 1 aliphatic rings. The SMILES string of the molecule is CCc1ccccc1NC(=O)N1CCCC[C@@H]1c1nc(-c2cccc(Cl)c2)no1. The molecule has 0 aliphatic carbocycles. The van der Waals surface area contributed by atoms with Gasteiger partial charge in [0.2, 0.25) is 11.7 Å². The van der Waals surface area contributed by atoms with Crippen molar-refractivity contribution in [2.45, 2.75) is 38.6 Å². The van der Waals surface area contributed by atoms with Crippen LogP contribution in [-0.4, -0.2) is 27.6 Å². The first-order chi connectivity index (χ1) is 14.2. The van der Waals surface area contributed by atoms with Gasteiger partial charge in [0.1, 0.15) is 6.04 Å². The lowest BCUT2D eigenvalue weighted by molar-refractivity contribution is 0.142. The van der Waals surface area contributed by atoms with E-state index in [0.29, 0.717) is 23.3 Å². The third-order valence-corrected chi connectivity index (χ3v) is 5.45. The lowest BCUT2D eigenvalue weighted by Crippen LogP contribution is -2.41. The molecule has 6 nitrogen and oxygen atoms in total. The normalized spacial score (nSPS) is 16.6. The average molecular weight is 411 g/mol. The third kappa shape index (κ3) is 4.27. The number of halogens is 1. The Morgan fingerprint density at radius 3 is 2.93 bits per heavy atom. The van der Waals surface area contributed by atoms with Crippen molar-refractivity contribution in [1.82, 2.24) is 15.0 Å². The van der Waals surface area contributed by atoms with Crippen LogP contribution < -0.4 is 5.32 Å². The summed E-state index contributed by atoms with van der Waals surface area (Å²) in [4.78, 5) is 19.4. The number of rotatable bonds is 4. The second-order valence-electron chi connectivity index (χ2n) is 7.11. The van der Waals surface area contributed by atoms with Gasteiger partial charge in [-0.1, -0.05) is 54.0 Å². The van der Waals surface area contributed by atoms with E-state index in [9.17, 15) is 4.79 Å². The van der Waals surface area contributed by atoms with Crippen molar-refractivity contribution >= 4 is 23.3 Å². The highest BCUT2D eigenvalue weighted by Gasteiger charge is 2.32. The Kier molecular flexibility index (Phi) is 5.81. The molecule has 29 heavy (non-hydrogen) atoms. The van der Waals surface area contributed by atoms with Crippen LogP contribution in [0.1, 0.15) is 43.7 Å². The molecule has 2 heterocycles. The molecular formula is C22H23ClN4O2. The van der Waals surface area contributed by atoms with Crippen LogP contribution in [0.25, 0.3) is 11.4 Å². The van der Waals surface area contributed by atoms with Crippen LogP contribution in [-0.2, 0) is 6.42 Å². The van der Waals surface area contributed by atoms with E-state index in [1.165, 1.54) is 0 Å². The molecule has 0 spiro atoms. The molecule has 0 radical (unpaired) electrons. The summed E-state index contributed by atoms with van der Waals surface area (Å²) in [6.45, 7) is 2.73. The predicted octanol–water partition coefficient (Wildman–Crippen LogP) is 5.71. The number of aryl methyl sites for hydroxylation is 1.